The summed E-state index contributed by atoms with van der Waals surface area (Å²) >= 11 is 0. The fourth-order valence-electron chi connectivity index (χ4n) is 4.19. The lowest BCUT2D eigenvalue weighted by Crippen LogP contribution is -2.13. The molecule has 0 unspecified atom stereocenters. The van der Waals surface area contributed by atoms with Crippen LogP contribution in [0.2, 0.25) is 0 Å². The SMILES string of the molecule is CCOc1ccc(C(=O)Nc2ccc(OCc3ccccc3)cc2)cc1COc1cccc2ccccc12. The lowest BCUT2D eigenvalue weighted by Gasteiger charge is -2.14. The molecule has 0 saturated carbocycles. The minimum Gasteiger partial charge on any atom is -0.493 e. The Morgan fingerprint density at radius 3 is 2.26 bits per heavy atom. The van der Waals surface area contributed by atoms with Crippen molar-refractivity contribution in [2.45, 2.75) is 20.1 Å². The third kappa shape index (κ3) is 6.13. The molecule has 5 aromatic carbocycles. The Bertz CT molecular complexity index is 1510. The van der Waals surface area contributed by atoms with Gasteiger partial charge in [-0.05, 0) is 66.4 Å². The van der Waals surface area contributed by atoms with Crippen LogP contribution >= 0.6 is 0 Å². The van der Waals surface area contributed by atoms with Gasteiger partial charge in [-0.25, -0.2) is 0 Å². The van der Waals surface area contributed by atoms with Gasteiger partial charge in [0.05, 0.1) is 6.61 Å². The van der Waals surface area contributed by atoms with E-state index in [4.69, 9.17) is 14.2 Å². The van der Waals surface area contributed by atoms with E-state index in [2.05, 4.69) is 17.4 Å². The summed E-state index contributed by atoms with van der Waals surface area (Å²) in [6, 6.07) is 36.8. The second kappa shape index (κ2) is 12.0. The maximum atomic E-state index is 13.1. The Morgan fingerprint density at radius 1 is 0.684 bits per heavy atom. The summed E-state index contributed by atoms with van der Waals surface area (Å²) in [6.45, 7) is 3.22. The van der Waals surface area contributed by atoms with Crippen molar-refractivity contribution in [3.05, 3.63) is 132 Å². The van der Waals surface area contributed by atoms with Gasteiger partial charge in [0.1, 0.15) is 30.5 Å². The maximum absolute atomic E-state index is 13.1. The zero-order valence-electron chi connectivity index (χ0n) is 21.2. The molecule has 1 amide bonds. The Hall–Kier alpha value is -4.77. The molecule has 0 aliphatic heterocycles. The number of benzene rings is 5. The molecular weight excluding hydrogens is 474 g/mol. The number of amides is 1. The van der Waals surface area contributed by atoms with Crippen LogP contribution in [0.3, 0.4) is 0 Å². The zero-order valence-corrected chi connectivity index (χ0v) is 21.2. The minimum absolute atomic E-state index is 0.211. The summed E-state index contributed by atoms with van der Waals surface area (Å²) in [5, 5.41) is 5.11. The van der Waals surface area contributed by atoms with Gasteiger partial charge in [-0.3, -0.25) is 4.79 Å². The molecule has 0 aliphatic carbocycles. The van der Waals surface area contributed by atoms with Gasteiger partial charge in [0, 0.05) is 22.2 Å². The first-order valence-corrected chi connectivity index (χ1v) is 12.6. The van der Waals surface area contributed by atoms with Crippen LogP contribution in [0, 0.1) is 0 Å². The Labute approximate surface area is 222 Å². The molecule has 5 heteroatoms. The largest absolute Gasteiger partial charge is 0.493 e. The van der Waals surface area contributed by atoms with E-state index in [1.165, 1.54) is 0 Å². The van der Waals surface area contributed by atoms with Crippen molar-refractivity contribution in [2.75, 3.05) is 11.9 Å². The summed E-state index contributed by atoms with van der Waals surface area (Å²) in [5.41, 5.74) is 3.11. The van der Waals surface area contributed by atoms with Gasteiger partial charge < -0.3 is 19.5 Å². The van der Waals surface area contributed by atoms with E-state index in [0.717, 1.165) is 33.4 Å². The summed E-state index contributed by atoms with van der Waals surface area (Å²) < 4.78 is 17.8. The molecule has 0 spiro atoms. The highest BCUT2D eigenvalue weighted by atomic mass is 16.5. The smallest absolute Gasteiger partial charge is 0.255 e. The van der Waals surface area contributed by atoms with E-state index in [-0.39, 0.29) is 12.5 Å². The van der Waals surface area contributed by atoms with Gasteiger partial charge in [0.25, 0.3) is 5.91 Å². The molecule has 1 N–H and O–H groups in total. The van der Waals surface area contributed by atoms with Crippen LogP contribution in [0.25, 0.3) is 10.8 Å². The molecule has 0 aromatic heterocycles. The lowest BCUT2D eigenvalue weighted by atomic mass is 10.1. The normalized spacial score (nSPS) is 10.7. The fourth-order valence-corrected chi connectivity index (χ4v) is 4.19. The molecule has 38 heavy (non-hydrogen) atoms. The van der Waals surface area contributed by atoms with Gasteiger partial charge in [-0.1, -0.05) is 66.7 Å². The third-order valence-corrected chi connectivity index (χ3v) is 6.12. The minimum atomic E-state index is -0.211. The van der Waals surface area contributed by atoms with E-state index in [9.17, 15) is 4.79 Å². The topological polar surface area (TPSA) is 56.8 Å². The molecule has 0 atom stereocenters. The third-order valence-electron chi connectivity index (χ3n) is 6.12. The number of hydrogen-bond acceptors (Lipinski definition) is 4. The number of ether oxygens (including phenoxy) is 3. The molecule has 0 radical (unpaired) electrons. The summed E-state index contributed by atoms with van der Waals surface area (Å²) in [4.78, 5) is 13.1. The number of nitrogens with one attached hydrogen (secondary N) is 1. The standard InChI is InChI=1S/C33H29NO4/c1-2-36-31-20-15-26(21-27(31)23-38-32-14-8-12-25-11-6-7-13-30(25)32)33(35)34-28-16-18-29(19-17-28)37-22-24-9-4-3-5-10-24/h3-21H,2,22-23H2,1H3,(H,34,35). The molecule has 0 fully saturated rings. The van der Waals surface area contributed by atoms with Crippen molar-refractivity contribution in [3.8, 4) is 17.2 Å². The van der Waals surface area contributed by atoms with Crippen molar-refractivity contribution in [1.82, 2.24) is 0 Å². The highest BCUT2D eigenvalue weighted by Gasteiger charge is 2.13. The summed E-state index contributed by atoms with van der Waals surface area (Å²) in [5.74, 6) is 2.01. The van der Waals surface area contributed by atoms with Gasteiger partial charge >= 0.3 is 0 Å². The number of hydrogen-bond donors (Lipinski definition) is 1. The Balaban J connectivity index is 1.26. The molecule has 5 rings (SSSR count). The fraction of sp³-hybridized carbons (Fsp3) is 0.121. The molecule has 5 nitrogen and oxygen atoms in total. The van der Waals surface area contributed by atoms with E-state index in [1.807, 2.05) is 104 Å². The first-order chi connectivity index (χ1) is 18.7. The number of anilines is 1. The highest BCUT2D eigenvalue weighted by molar-refractivity contribution is 6.04. The zero-order chi connectivity index (χ0) is 26.2. The van der Waals surface area contributed by atoms with E-state index < -0.39 is 0 Å². The second-order valence-corrected chi connectivity index (χ2v) is 8.77. The maximum Gasteiger partial charge on any atom is 0.255 e. The monoisotopic (exact) mass is 503 g/mol. The number of fused-ring (bicyclic) bond motifs is 1. The molecule has 0 heterocycles. The first-order valence-electron chi connectivity index (χ1n) is 12.6. The van der Waals surface area contributed by atoms with Crippen LogP contribution in [-0.4, -0.2) is 12.5 Å². The average molecular weight is 504 g/mol. The Kier molecular flexibility index (Phi) is 7.85. The van der Waals surface area contributed by atoms with Crippen LogP contribution in [0.1, 0.15) is 28.4 Å². The molecular formula is C33H29NO4. The molecule has 0 aliphatic rings. The van der Waals surface area contributed by atoms with Crippen LogP contribution in [-0.2, 0) is 13.2 Å². The first kappa shape index (κ1) is 24.9. The van der Waals surface area contributed by atoms with Crippen molar-refractivity contribution in [2.24, 2.45) is 0 Å². The van der Waals surface area contributed by atoms with Crippen LogP contribution in [0.15, 0.2) is 115 Å². The van der Waals surface area contributed by atoms with E-state index in [0.29, 0.717) is 30.2 Å². The Morgan fingerprint density at radius 2 is 1.45 bits per heavy atom. The van der Waals surface area contributed by atoms with Crippen molar-refractivity contribution >= 4 is 22.4 Å². The number of carbonyl (C=O) groups is 1. The van der Waals surface area contributed by atoms with Crippen LogP contribution in [0.5, 0.6) is 17.2 Å². The van der Waals surface area contributed by atoms with E-state index in [1.54, 1.807) is 6.07 Å². The predicted octanol–water partition coefficient (Wildman–Crippen LogP) is 7.65. The summed E-state index contributed by atoms with van der Waals surface area (Å²) in [7, 11) is 0. The lowest BCUT2D eigenvalue weighted by molar-refractivity contribution is 0.102. The van der Waals surface area contributed by atoms with Gasteiger partial charge in [-0.2, -0.15) is 0 Å². The average Bonchev–Trinajstić information content (AvgIpc) is 2.97. The number of rotatable bonds is 10. The van der Waals surface area contributed by atoms with Crippen LogP contribution in [0.4, 0.5) is 5.69 Å². The van der Waals surface area contributed by atoms with Crippen molar-refractivity contribution in [3.63, 3.8) is 0 Å². The van der Waals surface area contributed by atoms with Crippen molar-refractivity contribution in [1.29, 1.82) is 0 Å². The van der Waals surface area contributed by atoms with Crippen molar-refractivity contribution < 1.29 is 19.0 Å². The molecule has 190 valence electrons. The quantitative estimate of drug-likeness (QED) is 0.213. The molecule has 5 aromatic rings. The molecule has 0 bridgehead atoms. The summed E-state index contributed by atoms with van der Waals surface area (Å²) in [6.07, 6.45) is 0. The van der Waals surface area contributed by atoms with Gasteiger partial charge in [0.2, 0.25) is 0 Å². The van der Waals surface area contributed by atoms with E-state index >= 15 is 0 Å². The predicted molar refractivity (Wildman–Crippen MR) is 151 cm³/mol. The molecule has 0 saturated heterocycles. The van der Waals surface area contributed by atoms with Gasteiger partial charge in [0.15, 0.2) is 0 Å². The second-order valence-electron chi connectivity index (χ2n) is 8.77. The highest BCUT2D eigenvalue weighted by Crippen LogP contribution is 2.28. The van der Waals surface area contributed by atoms with Gasteiger partial charge in [-0.15, -0.1) is 0 Å². The van der Waals surface area contributed by atoms with Crippen LogP contribution < -0.4 is 19.5 Å². The number of carbonyl (C=O) groups excluding carboxylic acids is 1.